The third-order valence-electron chi connectivity index (χ3n) is 5.54. The fourth-order valence-corrected chi connectivity index (χ4v) is 3.89. The molecule has 1 aliphatic rings. The minimum absolute atomic E-state index is 0.0723. The Kier molecular flexibility index (Phi) is 6.10. The lowest BCUT2D eigenvalue weighted by atomic mass is 9.98. The van der Waals surface area contributed by atoms with Crippen LogP contribution >= 0.6 is 0 Å². The molecule has 0 aromatic heterocycles. The highest BCUT2D eigenvalue weighted by Gasteiger charge is 2.37. The summed E-state index contributed by atoms with van der Waals surface area (Å²) in [4.78, 5) is 37.2. The Labute approximate surface area is 175 Å². The molecule has 7 nitrogen and oxygen atoms in total. The van der Waals surface area contributed by atoms with Crippen molar-refractivity contribution in [2.45, 2.75) is 32.2 Å². The van der Waals surface area contributed by atoms with Gasteiger partial charge in [-0.3, -0.25) is 4.79 Å². The largest absolute Gasteiger partial charge is 0.480 e. The third kappa shape index (κ3) is 4.01. The molecule has 0 heterocycles. The van der Waals surface area contributed by atoms with E-state index in [0.717, 1.165) is 22.3 Å². The highest BCUT2D eigenvalue weighted by atomic mass is 16.5. The zero-order valence-corrected chi connectivity index (χ0v) is 17.3. The lowest BCUT2D eigenvalue weighted by Gasteiger charge is -2.34. The molecule has 7 heteroatoms. The zero-order chi connectivity index (χ0) is 21.9. The van der Waals surface area contributed by atoms with Crippen LogP contribution < -0.4 is 5.32 Å². The molecule has 0 aliphatic heterocycles. The van der Waals surface area contributed by atoms with E-state index in [1.54, 1.807) is 6.92 Å². The maximum absolute atomic E-state index is 12.4. The van der Waals surface area contributed by atoms with Gasteiger partial charge in [-0.2, -0.15) is 0 Å². The highest BCUT2D eigenvalue weighted by molar-refractivity contribution is 5.88. The van der Waals surface area contributed by atoms with Gasteiger partial charge in [0.15, 0.2) is 0 Å². The summed E-state index contributed by atoms with van der Waals surface area (Å²) in [6, 6.07) is 16.0. The van der Waals surface area contributed by atoms with Crippen LogP contribution in [0.1, 0.15) is 37.8 Å². The van der Waals surface area contributed by atoms with Crippen molar-refractivity contribution >= 4 is 18.0 Å². The van der Waals surface area contributed by atoms with Crippen LogP contribution in [0.3, 0.4) is 0 Å². The molecular weight excluding hydrogens is 384 g/mol. The van der Waals surface area contributed by atoms with Gasteiger partial charge in [-0.15, -0.1) is 0 Å². The number of hydrogen-bond acceptors (Lipinski definition) is 4. The lowest BCUT2D eigenvalue weighted by molar-refractivity contribution is -0.156. The van der Waals surface area contributed by atoms with E-state index in [0.29, 0.717) is 0 Å². The first-order valence-electron chi connectivity index (χ1n) is 9.90. The Morgan fingerprint density at radius 3 is 2.07 bits per heavy atom. The van der Waals surface area contributed by atoms with Gasteiger partial charge in [0.1, 0.15) is 18.7 Å². The maximum atomic E-state index is 12.4. The van der Waals surface area contributed by atoms with Crippen molar-refractivity contribution in [2.24, 2.45) is 0 Å². The second kappa shape index (κ2) is 8.57. The number of rotatable bonds is 7. The van der Waals surface area contributed by atoms with E-state index in [1.807, 2.05) is 36.4 Å². The number of fused-ring (bicyclic) bond motifs is 3. The smallest absolute Gasteiger partial charge is 0.407 e. The molecule has 3 rings (SSSR count). The number of carbonyl (C=O) groups excluding carboxylic acids is 2. The number of nitrogens with zero attached hydrogens (tertiary/aromatic N) is 1. The molecule has 2 N–H and O–H groups in total. The normalized spacial score (nSPS) is 12.6. The van der Waals surface area contributed by atoms with Gasteiger partial charge in [0.2, 0.25) is 5.91 Å². The van der Waals surface area contributed by atoms with Crippen LogP contribution in [0.4, 0.5) is 4.79 Å². The predicted molar refractivity (Wildman–Crippen MR) is 112 cm³/mol. The molecule has 0 atom stereocenters. The Hall–Kier alpha value is -3.35. The topological polar surface area (TPSA) is 95.9 Å². The molecular formula is C23H26N2O5. The second-order valence-electron chi connectivity index (χ2n) is 7.68. The molecule has 0 saturated heterocycles. The molecule has 1 aliphatic carbocycles. The molecule has 2 aromatic rings. The van der Waals surface area contributed by atoms with E-state index in [9.17, 15) is 19.5 Å². The molecule has 30 heavy (non-hydrogen) atoms. The number of hydrogen-bond donors (Lipinski definition) is 2. The van der Waals surface area contributed by atoms with Crippen LogP contribution in [-0.4, -0.2) is 53.2 Å². The van der Waals surface area contributed by atoms with E-state index in [1.165, 1.54) is 18.7 Å². The Morgan fingerprint density at radius 2 is 1.57 bits per heavy atom. The number of ether oxygens (including phenoxy) is 1. The third-order valence-corrected chi connectivity index (χ3v) is 5.54. The SMILES string of the molecule is CCN(C(=O)CNC(=O)OCC1c2ccccc2-c2ccccc21)C(C)(C)C(=O)O. The Balaban J connectivity index is 1.60. The van der Waals surface area contributed by atoms with Crippen molar-refractivity contribution in [2.75, 3.05) is 19.7 Å². The van der Waals surface area contributed by atoms with Gasteiger partial charge in [-0.25, -0.2) is 9.59 Å². The molecule has 158 valence electrons. The maximum Gasteiger partial charge on any atom is 0.407 e. The summed E-state index contributed by atoms with van der Waals surface area (Å²) in [6.07, 6.45) is -0.714. The lowest BCUT2D eigenvalue weighted by Crippen LogP contribution is -2.55. The van der Waals surface area contributed by atoms with Crippen LogP contribution in [0.25, 0.3) is 11.1 Å². The van der Waals surface area contributed by atoms with E-state index in [4.69, 9.17) is 4.74 Å². The minimum Gasteiger partial charge on any atom is -0.480 e. The van der Waals surface area contributed by atoms with Gasteiger partial charge < -0.3 is 20.1 Å². The van der Waals surface area contributed by atoms with E-state index in [-0.39, 0.29) is 25.6 Å². The minimum atomic E-state index is -1.37. The number of aliphatic carboxylic acids is 1. The second-order valence-corrected chi connectivity index (χ2v) is 7.68. The zero-order valence-electron chi connectivity index (χ0n) is 17.3. The van der Waals surface area contributed by atoms with Gasteiger partial charge in [0, 0.05) is 12.5 Å². The van der Waals surface area contributed by atoms with E-state index < -0.39 is 23.5 Å². The Bertz CT molecular complexity index is 924. The highest BCUT2D eigenvalue weighted by Crippen LogP contribution is 2.44. The number of benzene rings is 2. The quantitative estimate of drug-likeness (QED) is 0.731. The molecule has 0 saturated carbocycles. The molecule has 0 spiro atoms. The number of carboxylic acid groups (broad SMARTS) is 1. The summed E-state index contributed by atoms with van der Waals surface area (Å²) in [6.45, 7) is 4.61. The fraction of sp³-hybridized carbons (Fsp3) is 0.348. The molecule has 0 unspecified atom stereocenters. The summed E-state index contributed by atoms with van der Waals surface area (Å²) in [7, 11) is 0. The summed E-state index contributed by atoms with van der Waals surface area (Å²) in [5.74, 6) is -1.67. The fourth-order valence-electron chi connectivity index (χ4n) is 3.89. The van der Waals surface area contributed by atoms with Crippen molar-refractivity contribution in [1.29, 1.82) is 0 Å². The molecule has 0 bridgehead atoms. The number of amides is 2. The van der Waals surface area contributed by atoms with Crippen LogP contribution in [0.5, 0.6) is 0 Å². The first-order valence-corrected chi connectivity index (χ1v) is 9.90. The monoisotopic (exact) mass is 410 g/mol. The van der Waals surface area contributed by atoms with Crippen LogP contribution in [0, 0.1) is 0 Å². The van der Waals surface area contributed by atoms with Gasteiger partial charge in [-0.05, 0) is 43.0 Å². The summed E-state index contributed by atoms with van der Waals surface area (Å²) in [5, 5.41) is 11.8. The van der Waals surface area contributed by atoms with Crippen LogP contribution in [0.2, 0.25) is 0 Å². The van der Waals surface area contributed by atoms with Gasteiger partial charge >= 0.3 is 12.1 Å². The summed E-state index contributed by atoms with van der Waals surface area (Å²) < 4.78 is 5.40. The van der Waals surface area contributed by atoms with Gasteiger partial charge in [0.25, 0.3) is 0 Å². The average molecular weight is 410 g/mol. The van der Waals surface area contributed by atoms with Crippen LogP contribution in [-0.2, 0) is 14.3 Å². The summed E-state index contributed by atoms with van der Waals surface area (Å²) >= 11 is 0. The van der Waals surface area contributed by atoms with E-state index in [2.05, 4.69) is 17.4 Å². The van der Waals surface area contributed by atoms with Gasteiger partial charge in [-0.1, -0.05) is 48.5 Å². The van der Waals surface area contributed by atoms with Gasteiger partial charge in [0.05, 0.1) is 0 Å². The average Bonchev–Trinajstić information content (AvgIpc) is 3.05. The van der Waals surface area contributed by atoms with Crippen molar-refractivity contribution in [1.82, 2.24) is 10.2 Å². The predicted octanol–water partition coefficient (Wildman–Crippen LogP) is 3.24. The number of alkyl carbamates (subject to hydrolysis) is 1. The van der Waals surface area contributed by atoms with Crippen molar-refractivity contribution < 1.29 is 24.2 Å². The Morgan fingerprint density at radius 1 is 1.03 bits per heavy atom. The molecule has 0 radical (unpaired) electrons. The first-order chi connectivity index (χ1) is 14.3. The number of carbonyl (C=O) groups is 3. The van der Waals surface area contributed by atoms with E-state index >= 15 is 0 Å². The standard InChI is InChI=1S/C23H26N2O5/c1-4-25(23(2,3)21(27)28)20(26)13-24-22(29)30-14-19-17-11-7-5-9-15(17)16-10-6-8-12-18(16)19/h5-12,19H,4,13-14H2,1-3H3,(H,24,29)(H,27,28). The van der Waals surface area contributed by atoms with Crippen molar-refractivity contribution in [3.8, 4) is 11.1 Å². The molecule has 2 aromatic carbocycles. The summed E-state index contributed by atoms with van der Waals surface area (Å²) in [5.41, 5.74) is 3.10. The molecule has 2 amide bonds. The molecule has 0 fully saturated rings. The number of carboxylic acids is 1. The van der Waals surface area contributed by atoms with Crippen molar-refractivity contribution in [3.63, 3.8) is 0 Å². The number of nitrogens with one attached hydrogen (secondary N) is 1. The van der Waals surface area contributed by atoms with Crippen LogP contribution in [0.15, 0.2) is 48.5 Å². The first kappa shape index (κ1) is 21.4. The number of likely N-dealkylation sites (N-methyl/N-ethyl adjacent to an activating group) is 1. The van der Waals surface area contributed by atoms with Crippen molar-refractivity contribution in [3.05, 3.63) is 59.7 Å².